The third-order valence-corrected chi connectivity index (χ3v) is 5.07. The molecule has 2 unspecified atom stereocenters. The fourth-order valence-electron chi connectivity index (χ4n) is 3.42. The normalized spacial score (nSPS) is 17.7. The molecule has 0 aliphatic carbocycles. The molecule has 3 N–H and O–H groups in total. The lowest BCUT2D eigenvalue weighted by Crippen LogP contribution is -2.48. The lowest BCUT2D eigenvalue weighted by Gasteiger charge is -2.36. The summed E-state index contributed by atoms with van der Waals surface area (Å²) in [5.74, 6) is 1.39. The Morgan fingerprint density at radius 1 is 1.18 bits per heavy atom. The van der Waals surface area contributed by atoms with Gasteiger partial charge in [0.2, 0.25) is 0 Å². The summed E-state index contributed by atoms with van der Waals surface area (Å²) in [7, 11) is 0. The third-order valence-electron chi connectivity index (χ3n) is 5.07. The Kier molecular flexibility index (Phi) is 12.7. The first-order valence-electron chi connectivity index (χ1n) is 10.2. The van der Waals surface area contributed by atoms with Crippen molar-refractivity contribution in [3.63, 3.8) is 0 Å². The van der Waals surface area contributed by atoms with Gasteiger partial charge in [-0.2, -0.15) is 0 Å². The summed E-state index contributed by atoms with van der Waals surface area (Å²) in [5, 5.41) is 16.5. The first-order valence-corrected chi connectivity index (χ1v) is 10.2. The average Bonchev–Trinajstić information content (AvgIpc) is 2.70. The van der Waals surface area contributed by atoms with E-state index in [1.165, 1.54) is 0 Å². The van der Waals surface area contributed by atoms with Crippen LogP contribution in [-0.2, 0) is 4.74 Å². The fraction of sp³-hybridized carbons (Fsp3) is 0.667. The molecule has 0 saturated carbocycles. The quantitative estimate of drug-likeness (QED) is 0.274. The second-order valence-corrected chi connectivity index (χ2v) is 7.35. The average molecular weight is 504 g/mol. The summed E-state index contributed by atoms with van der Waals surface area (Å²) >= 11 is 0. The van der Waals surface area contributed by atoms with Gasteiger partial charge in [0.05, 0.1) is 26.4 Å². The van der Waals surface area contributed by atoms with Gasteiger partial charge in [-0.1, -0.05) is 44.2 Å². The van der Waals surface area contributed by atoms with Gasteiger partial charge in [0, 0.05) is 38.1 Å². The first kappa shape index (κ1) is 25.1. The zero-order valence-electron chi connectivity index (χ0n) is 17.4. The number of rotatable bonds is 9. The molecule has 0 bridgehead atoms. The van der Waals surface area contributed by atoms with Crippen LogP contribution in [0, 0.1) is 5.92 Å². The molecule has 28 heavy (non-hydrogen) atoms. The summed E-state index contributed by atoms with van der Waals surface area (Å²) in [6.45, 7) is 12.5. The van der Waals surface area contributed by atoms with E-state index >= 15 is 0 Å². The molecule has 1 aromatic rings. The predicted molar refractivity (Wildman–Crippen MR) is 127 cm³/mol. The molecule has 1 aliphatic rings. The van der Waals surface area contributed by atoms with E-state index < -0.39 is 0 Å². The topological polar surface area (TPSA) is 69.1 Å². The van der Waals surface area contributed by atoms with Gasteiger partial charge in [0.25, 0.3) is 0 Å². The van der Waals surface area contributed by atoms with Crippen LogP contribution in [0.1, 0.15) is 32.3 Å². The number of hydrogen-bond donors (Lipinski definition) is 3. The summed E-state index contributed by atoms with van der Waals surface area (Å²) in [6, 6.07) is 10.5. The number of benzene rings is 1. The van der Waals surface area contributed by atoms with Crippen LogP contribution in [0.25, 0.3) is 0 Å². The van der Waals surface area contributed by atoms with Gasteiger partial charge in [-0.05, 0) is 18.4 Å². The van der Waals surface area contributed by atoms with E-state index in [4.69, 9.17) is 9.73 Å². The van der Waals surface area contributed by atoms with E-state index in [0.717, 1.165) is 50.9 Å². The zero-order valence-corrected chi connectivity index (χ0v) is 19.8. The van der Waals surface area contributed by atoms with Crippen molar-refractivity contribution < 1.29 is 9.84 Å². The molecule has 6 nitrogen and oxygen atoms in total. The van der Waals surface area contributed by atoms with E-state index in [2.05, 4.69) is 48.4 Å². The van der Waals surface area contributed by atoms with Crippen molar-refractivity contribution in [2.24, 2.45) is 10.9 Å². The van der Waals surface area contributed by atoms with Gasteiger partial charge < -0.3 is 20.5 Å². The van der Waals surface area contributed by atoms with Crippen molar-refractivity contribution in [1.82, 2.24) is 15.5 Å². The second-order valence-electron chi connectivity index (χ2n) is 7.35. The number of nitrogens with zero attached hydrogens (tertiary/aromatic N) is 2. The highest BCUT2D eigenvalue weighted by atomic mass is 127. The van der Waals surface area contributed by atoms with E-state index in [1.54, 1.807) is 0 Å². The van der Waals surface area contributed by atoms with Crippen molar-refractivity contribution in [2.45, 2.75) is 32.7 Å². The number of guanidine groups is 1. The highest BCUT2D eigenvalue weighted by Crippen LogP contribution is 2.15. The van der Waals surface area contributed by atoms with Gasteiger partial charge in [-0.3, -0.25) is 9.89 Å². The van der Waals surface area contributed by atoms with Crippen molar-refractivity contribution in [1.29, 1.82) is 0 Å². The van der Waals surface area contributed by atoms with Crippen molar-refractivity contribution in [2.75, 3.05) is 52.5 Å². The van der Waals surface area contributed by atoms with Crippen molar-refractivity contribution in [3.05, 3.63) is 35.9 Å². The Morgan fingerprint density at radius 3 is 2.43 bits per heavy atom. The molecule has 0 aromatic heterocycles. The van der Waals surface area contributed by atoms with Gasteiger partial charge in [-0.15, -0.1) is 24.0 Å². The molecule has 1 aliphatic heterocycles. The summed E-state index contributed by atoms with van der Waals surface area (Å²) < 4.78 is 5.49. The summed E-state index contributed by atoms with van der Waals surface area (Å²) in [5.41, 5.74) is 1.14. The Hall–Kier alpha value is -0.900. The number of halogens is 1. The SMILES string of the molecule is CCNC(=NCC(C(C)C)N1CCOCC1)NCC(CO)c1ccccc1.I. The number of morpholine rings is 1. The molecule has 2 rings (SSSR count). The number of aliphatic hydroxyl groups excluding tert-OH is 1. The minimum absolute atomic E-state index is 0. The van der Waals surface area contributed by atoms with Crippen molar-refractivity contribution in [3.8, 4) is 0 Å². The highest BCUT2D eigenvalue weighted by Gasteiger charge is 2.23. The largest absolute Gasteiger partial charge is 0.396 e. The Morgan fingerprint density at radius 2 is 1.86 bits per heavy atom. The van der Waals surface area contributed by atoms with Crippen LogP contribution < -0.4 is 10.6 Å². The van der Waals surface area contributed by atoms with E-state index in [9.17, 15) is 5.11 Å². The molecule has 7 heteroatoms. The van der Waals surface area contributed by atoms with Gasteiger partial charge in [-0.25, -0.2) is 0 Å². The molecule has 0 amide bonds. The van der Waals surface area contributed by atoms with E-state index in [0.29, 0.717) is 18.5 Å². The van der Waals surface area contributed by atoms with Crippen LogP contribution in [0.15, 0.2) is 35.3 Å². The molecule has 1 fully saturated rings. The monoisotopic (exact) mass is 504 g/mol. The van der Waals surface area contributed by atoms with Crippen LogP contribution in [0.5, 0.6) is 0 Å². The molecule has 2 atom stereocenters. The van der Waals surface area contributed by atoms with Crippen LogP contribution >= 0.6 is 24.0 Å². The third kappa shape index (κ3) is 8.23. The smallest absolute Gasteiger partial charge is 0.191 e. The van der Waals surface area contributed by atoms with Crippen LogP contribution in [0.3, 0.4) is 0 Å². The maximum absolute atomic E-state index is 9.76. The van der Waals surface area contributed by atoms with Crippen molar-refractivity contribution >= 4 is 29.9 Å². The summed E-state index contributed by atoms with van der Waals surface area (Å²) in [4.78, 5) is 7.33. The predicted octanol–water partition coefficient (Wildman–Crippen LogP) is 2.29. The lowest BCUT2D eigenvalue weighted by molar-refractivity contribution is 0.00867. The maximum Gasteiger partial charge on any atom is 0.191 e. The molecule has 1 heterocycles. The Bertz CT molecular complexity index is 551. The Labute approximate surface area is 187 Å². The zero-order chi connectivity index (χ0) is 19.5. The number of aliphatic hydroxyl groups is 1. The number of ether oxygens (including phenoxy) is 1. The summed E-state index contributed by atoms with van der Waals surface area (Å²) in [6.07, 6.45) is 0. The molecule has 1 saturated heterocycles. The molecule has 160 valence electrons. The minimum Gasteiger partial charge on any atom is -0.396 e. The van der Waals surface area contributed by atoms with Crippen LogP contribution in [-0.4, -0.2) is 74.6 Å². The molecule has 0 spiro atoms. The standard InChI is InChI=1S/C21H36N4O2.HI/c1-4-22-21(23-14-19(16-26)18-8-6-5-7-9-18)24-15-20(17(2)3)25-10-12-27-13-11-25;/h5-9,17,19-20,26H,4,10-16H2,1-3H3,(H2,22,23,24);1H. The maximum atomic E-state index is 9.76. The minimum atomic E-state index is 0. The van der Waals surface area contributed by atoms with Crippen LogP contribution in [0.2, 0.25) is 0 Å². The van der Waals surface area contributed by atoms with Crippen LogP contribution in [0.4, 0.5) is 0 Å². The Balaban J connectivity index is 0.00000392. The van der Waals surface area contributed by atoms with Gasteiger partial charge >= 0.3 is 0 Å². The molecule has 1 aromatic carbocycles. The number of hydrogen-bond acceptors (Lipinski definition) is 4. The number of nitrogens with one attached hydrogen (secondary N) is 2. The molecular weight excluding hydrogens is 467 g/mol. The highest BCUT2D eigenvalue weighted by molar-refractivity contribution is 14.0. The second kappa shape index (κ2) is 14.1. The molecule has 0 radical (unpaired) electrons. The molecular formula is C21H37IN4O2. The number of aliphatic imine (C=N–C) groups is 1. The van der Waals surface area contributed by atoms with Gasteiger partial charge in [0.15, 0.2) is 5.96 Å². The van der Waals surface area contributed by atoms with E-state index in [-0.39, 0.29) is 36.5 Å². The van der Waals surface area contributed by atoms with E-state index in [1.807, 2.05) is 18.2 Å². The first-order chi connectivity index (χ1) is 13.2. The fourth-order valence-corrected chi connectivity index (χ4v) is 3.42. The van der Waals surface area contributed by atoms with Gasteiger partial charge in [0.1, 0.15) is 0 Å². The lowest BCUT2D eigenvalue weighted by atomic mass is 10.0.